The van der Waals surface area contributed by atoms with Gasteiger partial charge in [-0.3, -0.25) is 10.1 Å². The Morgan fingerprint density at radius 3 is 2.75 bits per heavy atom. The first kappa shape index (κ1) is 24.5. The zero-order chi connectivity index (χ0) is 25.9. The van der Waals surface area contributed by atoms with E-state index < -0.39 is 4.92 Å². The molecule has 0 atom stereocenters. The van der Waals surface area contributed by atoms with E-state index in [9.17, 15) is 10.1 Å². The fourth-order valence-corrected chi connectivity index (χ4v) is 3.58. The number of hydrogen-bond donors (Lipinski definition) is 2. The van der Waals surface area contributed by atoms with Crippen molar-refractivity contribution in [3.05, 3.63) is 52.6 Å². The average Bonchev–Trinajstić information content (AvgIpc) is 3.29. The molecule has 1 aromatic carbocycles. The summed E-state index contributed by atoms with van der Waals surface area (Å²) in [5.74, 6) is 3.93. The van der Waals surface area contributed by atoms with Crippen LogP contribution in [0.15, 0.2) is 36.8 Å². The van der Waals surface area contributed by atoms with Gasteiger partial charge in [0, 0.05) is 48.4 Å². The summed E-state index contributed by atoms with van der Waals surface area (Å²) in [6.07, 6.45) is 9.08. The Kier molecular flexibility index (Phi) is 6.78. The molecule has 0 radical (unpaired) electrons. The maximum absolute atomic E-state index is 11.9. The second-order valence-electron chi connectivity index (χ2n) is 9.57. The third-order valence-electron chi connectivity index (χ3n) is 5.29. The minimum Gasteiger partial charge on any atom is -0.368 e. The normalized spacial score (nSPS) is 11.3. The van der Waals surface area contributed by atoms with Gasteiger partial charge in [-0.05, 0) is 30.5 Å². The third-order valence-corrected chi connectivity index (χ3v) is 5.29. The molecule has 0 amide bonds. The predicted molar refractivity (Wildman–Crippen MR) is 139 cm³/mol. The van der Waals surface area contributed by atoms with Crippen LogP contribution in [0.1, 0.15) is 32.9 Å². The number of benzene rings is 1. The number of nitro benzene ring substituents is 1. The van der Waals surface area contributed by atoms with Crippen LogP contribution < -0.4 is 10.6 Å². The van der Waals surface area contributed by atoms with Crippen LogP contribution in [-0.2, 0) is 6.54 Å². The van der Waals surface area contributed by atoms with Gasteiger partial charge in [-0.2, -0.15) is 0 Å². The molecule has 0 aliphatic rings. The van der Waals surface area contributed by atoms with Crippen molar-refractivity contribution < 1.29 is 4.92 Å². The van der Waals surface area contributed by atoms with Crippen LogP contribution in [0.3, 0.4) is 0 Å². The fourth-order valence-electron chi connectivity index (χ4n) is 3.58. The molecule has 0 fully saturated rings. The van der Waals surface area contributed by atoms with Crippen LogP contribution in [0.5, 0.6) is 0 Å². The lowest BCUT2D eigenvalue weighted by molar-refractivity contribution is -0.383. The molecule has 3 heterocycles. The highest BCUT2D eigenvalue weighted by Crippen LogP contribution is 2.32. The van der Waals surface area contributed by atoms with Crippen LogP contribution in [0.25, 0.3) is 22.3 Å². The maximum Gasteiger partial charge on any atom is 0.293 e. The quantitative estimate of drug-likeness (QED) is 0.206. The van der Waals surface area contributed by atoms with E-state index in [1.165, 1.54) is 6.07 Å². The van der Waals surface area contributed by atoms with Crippen LogP contribution in [0, 0.1) is 34.8 Å². The molecule has 36 heavy (non-hydrogen) atoms. The van der Waals surface area contributed by atoms with Gasteiger partial charge in [0.05, 0.1) is 4.92 Å². The Balaban J connectivity index is 1.68. The Morgan fingerprint density at radius 1 is 1.22 bits per heavy atom. The summed E-state index contributed by atoms with van der Waals surface area (Å²) in [5.41, 5.74) is 2.17. The first-order valence-electron chi connectivity index (χ1n) is 11.4. The second-order valence-corrected chi connectivity index (χ2v) is 9.57. The molecule has 4 rings (SSSR count). The van der Waals surface area contributed by atoms with Gasteiger partial charge < -0.3 is 15.2 Å². The number of hydrogen-bond acceptors (Lipinski definition) is 9. The molecule has 11 heteroatoms. The highest BCUT2D eigenvalue weighted by molar-refractivity contribution is 5.89. The lowest BCUT2D eigenvalue weighted by Gasteiger charge is -2.20. The average molecular weight is 486 g/mol. The number of terminal acetylenes is 1. The molecule has 0 aliphatic heterocycles. The molecule has 2 N–H and O–H groups in total. The predicted octanol–water partition coefficient (Wildman–Crippen LogP) is 4.72. The lowest BCUT2D eigenvalue weighted by Crippen LogP contribution is -2.20. The van der Waals surface area contributed by atoms with Gasteiger partial charge in [0.1, 0.15) is 17.5 Å². The number of nitrogens with one attached hydrogen (secondary N) is 2. The molecular weight excluding hydrogens is 458 g/mol. The molecule has 0 unspecified atom stereocenters. The van der Waals surface area contributed by atoms with Crippen molar-refractivity contribution in [2.24, 2.45) is 5.41 Å². The summed E-state index contributed by atoms with van der Waals surface area (Å²) in [6.45, 7) is 9.49. The molecule has 0 saturated heterocycles. The number of nitro groups is 1. The van der Waals surface area contributed by atoms with E-state index in [0.29, 0.717) is 42.2 Å². The molecule has 0 spiro atoms. The Hall–Kier alpha value is -4.59. The SMILES string of the molecule is C#CCCn1cnnc1-c1ccc(Nc2ncc3cc(C)nc(NCC(C)(C)C)c3n2)c([N+](=O)[O-])c1. The molecule has 11 nitrogen and oxygen atoms in total. The summed E-state index contributed by atoms with van der Waals surface area (Å²) in [7, 11) is 0. The van der Waals surface area contributed by atoms with Crippen molar-refractivity contribution in [1.29, 1.82) is 0 Å². The Bertz CT molecular complexity index is 1460. The summed E-state index contributed by atoms with van der Waals surface area (Å²) >= 11 is 0. The first-order valence-corrected chi connectivity index (χ1v) is 11.4. The lowest BCUT2D eigenvalue weighted by atomic mass is 9.97. The van der Waals surface area contributed by atoms with E-state index in [-0.39, 0.29) is 22.7 Å². The maximum atomic E-state index is 11.9. The summed E-state index contributed by atoms with van der Waals surface area (Å²) in [5, 5.41) is 27.1. The van der Waals surface area contributed by atoms with E-state index in [2.05, 4.69) is 62.5 Å². The standard InChI is InChI=1S/C25H27N9O2/c1-6-7-10-33-15-28-32-23(33)17-8-9-19(20(12-17)34(35)36)30-24-26-13-18-11-16(2)29-22(21(18)31-24)27-14-25(3,4)5/h1,8-9,11-13,15H,7,10,14H2,2-5H3,(H,27,29)(H,26,30,31). The largest absolute Gasteiger partial charge is 0.368 e. The summed E-state index contributed by atoms with van der Waals surface area (Å²) < 4.78 is 1.76. The number of anilines is 3. The molecule has 0 aliphatic carbocycles. The monoisotopic (exact) mass is 485 g/mol. The van der Waals surface area contributed by atoms with Crippen LogP contribution in [-0.4, -0.2) is 41.2 Å². The number of rotatable bonds is 8. The van der Waals surface area contributed by atoms with Crippen LogP contribution >= 0.6 is 0 Å². The smallest absolute Gasteiger partial charge is 0.293 e. The van der Waals surface area contributed by atoms with Gasteiger partial charge in [0.25, 0.3) is 5.69 Å². The van der Waals surface area contributed by atoms with Gasteiger partial charge in [-0.15, -0.1) is 22.5 Å². The van der Waals surface area contributed by atoms with Gasteiger partial charge in [-0.25, -0.2) is 15.0 Å². The van der Waals surface area contributed by atoms with Crippen LogP contribution in [0.4, 0.5) is 23.1 Å². The molecule has 0 bridgehead atoms. The Labute approximate surface area is 208 Å². The fraction of sp³-hybridized carbons (Fsp3) is 0.320. The zero-order valence-electron chi connectivity index (χ0n) is 20.6. The van der Waals surface area contributed by atoms with Crippen molar-refractivity contribution in [2.45, 2.75) is 40.7 Å². The van der Waals surface area contributed by atoms with Gasteiger partial charge in [0.2, 0.25) is 5.95 Å². The Morgan fingerprint density at radius 2 is 2.03 bits per heavy atom. The number of nitrogens with zero attached hydrogens (tertiary/aromatic N) is 7. The highest BCUT2D eigenvalue weighted by atomic mass is 16.6. The van der Waals surface area contributed by atoms with Gasteiger partial charge in [-0.1, -0.05) is 20.8 Å². The zero-order valence-corrected chi connectivity index (χ0v) is 20.6. The minimum absolute atomic E-state index is 0.0410. The number of aromatic nitrogens is 6. The number of aryl methyl sites for hydroxylation is 2. The van der Waals surface area contributed by atoms with E-state index in [4.69, 9.17) is 6.42 Å². The first-order chi connectivity index (χ1) is 17.1. The number of fused-ring (bicyclic) bond motifs is 1. The highest BCUT2D eigenvalue weighted by Gasteiger charge is 2.19. The molecular formula is C25H27N9O2. The van der Waals surface area contributed by atoms with Crippen molar-refractivity contribution in [3.8, 4) is 23.7 Å². The number of pyridine rings is 1. The molecule has 0 saturated carbocycles. The molecule has 184 valence electrons. The molecule has 4 aromatic rings. The van der Waals surface area contributed by atoms with Gasteiger partial charge >= 0.3 is 0 Å². The van der Waals surface area contributed by atoms with Crippen molar-refractivity contribution in [1.82, 2.24) is 29.7 Å². The second kappa shape index (κ2) is 9.95. The van der Waals surface area contributed by atoms with E-state index >= 15 is 0 Å². The van der Waals surface area contributed by atoms with Gasteiger partial charge in [0.15, 0.2) is 11.6 Å². The van der Waals surface area contributed by atoms with Crippen LogP contribution in [0.2, 0.25) is 0 Å². The molecule has 3 aromatic heterocycles. The van der Waals surface area contributed by atoms with Crippen molar-refractivity contribution in [2.75, 3.05) is 17.2 Å². The van der Waals surface area contributed by atoms with E-state index in [0.717, 1.165) is 11.1 Å². The summed E-state index contributed by atoms with van der Waals surface area (Å²) in [4.78, 5) is 25.0. The summed E-state index contributed by atoms with van der Waals surface area (Å²) in [6, 6.07) is 6.68. The topological polar surface area (TPSA) is 137 Å². The van der Waals surface area contributed by atoms with Crippen molar-refractivity contribution in [3.63, 3.8) is 0 Å². The minimum atomic E-state index is -0.462. The van der Waals surface area contributed by atoms with Crippen molar-refractivity contribution >= 4 is 34.0 Å². The van der Waals surface area contributed by atoms with E-state index in [1.807, 2.05) is 13.0 Å². The van der Waals surface area contributed by atoms with E-state index in [1.54, 1.807) is 29.2 Å². The third kappa shape index (κ3) is 5.55.